The molecule has 15 heavy (non-hydrogen) atoms. The van der Waals surface area contributed by atoms with Crippen LogP contribution in [0.1, 0.15) is 0 Å². The third kappa shape index (κ3) is 3.51. The molecule has 82 valence electrons. The molecule has 0 fully saturated rings. The first-order valence-electron chi connectivity index (χ1n) is 4.35. The van der Waals surface area contributed by atoms with Gasteiger partial charge in [-0.2, -0.15) is 0 Å². The lowest BCUT2D eigenvalue weighted by molar-refractivity contribution is -0.384. The van der Waals surface area contributed by atoms with Gasteiger partial charge in [-0.15, -0.1) is 0 Å². The van der Waals surface area contributed by atoms with Crippen molar-refractivity contribution in [3.63, 3.8) is 0 Å². The summed E-state index contributed by atoms with van der Waals surface area (Å²) in [6, 6.07) is 5.43. The van der Waals surface area contributed by atoms with Gasteiger partial charge in [0.05, 0.1) is 4.92 Å². The number of alkyl halides is 1. The molecule has 6 heteroatoms. The van der Waals surface area contributed by atoms with Gasteiger partial charge in [0.1, 0.15) is 18.5 Å². The standard InChI is InChI=1S/C9H11FN2O3/c10-7(5-11)6-15-9-3-1-8(2-4-9)12(13)14/h1-4,7H,5-6,11H2/t7-/m1/s1. The Morgan fingerprint density at radius 1 is 1.47 bits per heavy atom. The van der Waals surface area contributed by atoms with Crippen molar-refractivity contribution in [2.24, 2.45) is 5.73 Å². The molecule has 0 heterocycles. The van der Waals surface area contributed by atoms with Gasteiger partial charge in [0, 0.05) is 18.7 Å². The maximum atomic E-state index is 12.7. The molecule has 0 aliphatic carbocycles. The molecule has 0 bridgehead atoms. The summed E-state index contributed by atoms with van der Waals surface area (Å²) < 4.78 is 17.7. The fourth-order valence-corrected chi connectivity index (χ4v) is 0.919. The number of nitro benzene ring substituents is 1. The van der Waals surface area contributed by atoms with Crippen molar-refractivity contribution >= 4 is 5.69 Å². The van der Waals surface area contributed by atoms with Crippen LogP contribution in [0.3, 0.4) is 0 Å². The molecule has 1 atom stereocenters. The molecule has 0 radical (unpaired) electrons. The summed E-state index contributed by atoms with van der Waals surface area (Å²) in [5, 5.41) is 10.3. The number of nitrogens with zero attached hydrogens (tertiary/aromatic N) is 1. The van der Waals surface area contributed by atoms with Crippen molar-refractivity contribution < 1.29 is 14.1 Å². The van der Waals surface area contributed by atoms with Crippen LogP contribution in [0.25, 0.3) is 0 Å². The van der Waals surface area contributed by atoms with E-state index in [-0.39, 0.29) is 18.8 Å². The van der Waals surface area contributed by atoms with E-state index in [0.29, 0.717) is 5.75 Å². The van der Waals surface area contributed by atoms with E-state index >= 15 is 0 Å². The third-order valence-electron chi connectivity index (χ3n) is 1.73. The highest BCUT2D eigenvalue weighted by Gasteiger charge is 2.07. The molecule has 0 aromatic heterocycles. The SMILES string of the molecule is NC[C@@H](F)COc1ccc([N+](=O)[O-])cc1. The second-order valence-corrected chi connectivity index (χ2v) is 2.89. The lowest BCUT2D eigenvalue weighted by Crippen LogP contribution is -2.22. The van der Waals surface area contributed by atoms with Crippen LogP contribution in [-0.2, 0) is 0 Å². The number of benzene rings is 1. The molecule has 0 saturated carbocycles. The molecule has 0 saturated heterocycles. The van der Waals surface area contributed by atoms with Crippen LogP contribution in [0.4, 0.5) is 10.1 Å². The topological polar surface area (TPSA) is 78.4 Å². The summed E-state index contributed by atoms with van der Waals surface area (Å²) in [7, 11) is 0. The second-order valence-electron chi connectivity index (χ2n) is 2.89. The third-order valence-corrected chi connectivity index (χ3v) is 1.73. The van der Waals surface area contributed by atoms with E-state index in [1.165, 1.54) is 24.3 Å². The Balaban J connectivity index is 2.53. The van der Waals surface area contributed by atoms with Gasteiger partial charge in [0.2, 0.25) is 0 Å². The number of rotatable bonds is 5. The molecule has 1 rings (SSSR count). The van der Waals surface area contributed by atoms with Crippen LogP contribution in [0.5, 0.6) is 5.75 Å². The highest BCUT2D eigenvalue weighted by atomic mass is 19.1. The first kappa shape index (κ1) is 11.4. The van der Waals surface area contributed by atoms with Gasteiger partial charge >= 0.3 is 0 Å². The Hall–Kier alpha value is -1.69. The maximum absolute atomic E-state index is 12.7. The van der Waals surface area contributed by atoms with E-state index < -0.39 is 11.1 Å². The molecule has 0 amide bonds. The molecular weight excluding hydrogens is 203 g/mol. The van der Waals surface area contributed by atoms with Crippen molar-refractivity contribution in [1.29, 1.82) is 0 Å². The van der Waals surface area contributed by atoms with E-state index in [2.05, 4.69) is 0 Å². The van der Waals surface area contributed by atoms with Gasteiger partial charge in [-0.3, -0.25) is 10.1 Å². The Morgan fingerprint density at radius 3 is 2.53 bits per heavy atom. The lowest BCUT2D eigenvalue weighted by atomic mass is 10.3. The maximum Gasteiger partial charge on any atom is 0.269 e. The number of ether oxygens (including phenoxy) is 1. The fourth-order valence-electron chi connectivity index (χ4n) is 0.919. The van der Waals surface area contributed by atoms with Crippen molar-refractivity contribution in [2.45, 2.75) is 6.17 Å². The average Bonchev–Trinajstić information content (AvgIpc) is 2.26. The molecular formula is C9H11FN2O3. The summed E-state index contributed by atoms with van der Waals surface area (Å²) >= 11 is 0. The van der Waals surface area contributed by atoms with E-state index in [1.54, 1.807) is 0 Å². The average molecular weight is 214 g/mol. The lowest BCUT2D eigenvalue weighted by Gasteiger charge is -2.07. The number of nitro groups is 1. The molecule has 1 aromatic carbocycles. The minimum absolute atomic E-state index is 0.0297. The Bertz CT molecular complexity index is 329. The zero-order valence-corrected chi connectivity index (χ0v) is 7.93. The highest BCUT2D eigenvalue weighted by Crippen LogP contribution is 2.17. The zero-order valence-electron chi connectivity index (χ0n) is 7.93. The van der Waals surface area contributed by atoms with Crippen LogP contribution < -0.4 is 10.5 Å². The summed E-state index contributed by atoms with van der Waals surface area (Å²) in [6.07, 6.45) is -1.22. The molecule has 5 nitrogen and oxygen atoms in total. The first-order chi connectivity index (χ1) is 7.13. The van der Waals surface area contributed by atoms with Gasteiger partial charge < -0.3 is 10.5 Å². The van der Waals surface area contributed by atoms with Gasteiger partial charge in [-0.05, 0) is 12.1 Å². The molecule has 0 unspecified atom stereocenters. The van der Waals surface area contributed by atoms with Crippen molar-refractivity contribution in [3.05, 3.63) is 34.4 Å². The smallest absolute Gasteiger partial charge is 0.269 e. The number of hydrogen-bond acceptors (Lipinski definition) is 4. The number of hydrogen-bond donors (Lipinski definition) is 1. The fraction of sp³-hybridized carbons (Fsp3) is 0.333. The highest BCUT2D eigenvalue weighted by molar-refractivity contribution is 5.35. The monoisotopic (exact) mass is 214 g/mol. The molecule has 2 N–H and O–H groups in total. The van der Waals surface area contributed by atoms with E-state index in [4.69, 9.17) is 10.5 Å². The Morgan fingerprint density at radius 2 is 2.07 bits per heavy atom. The first-order valence-corrected chi connectivity index (χ1v) is 4.35. The van der Waals surface area contributed by atoms with Gasteiger partial charge in [0.25, 0.3) is 5.69 Å². The van der Waals surface area contributed by atoms with Crippen molar-refractivity contribution in [1.82, 2.24) is 0 Å². The summed E-state index contributed by atoms with van der Waals surface area (Å²) in [6.45, 7) is -0.249. The summed E-state index contributed by atoms with van der Waals surface area (Å²) in [5.74, 6) is 0.386. The second kappa shape index (κ2) is 5.26. The minimum atomic E-state index is -1.22. The van der Waals surface area contributed by atoms with Crippen LogP contribution >= 0.6 is 0 Å². The number of non-ortho nitro benzene ring substituents is 1. The molecule has 1 aromatic rings. The Kier molecular flexibility index (Phi) is 3.99. The van der Waals surface area contributed by atoms with E-state index in [9.17, 15) is 14.5 Å². The summed E-state index contributed by atoms with van der Waals surface area (Å²) in [4.78, 5) is 9.80. The van der Waals surface area contributed by atoms with Crippen molar-refractivity contribution in [2.75, 3.05) is 13.2 Å². The quantitative estimate of drug-likeness (QED) is 0.591. The predicted octanol–water partition coefficient (Wildman–Crippen LogP) is 1.27. The number of halogens is 1. The molecule has 0 aliphatic rings. The molecule has 0 spiro atoms. The van der Waals surface area contributed by atoms with Gasteiger partial charge in [-0.25, -0.2) is 4.39 Å². The van der Waals surface area contributed by atoms with Crippen LogP contribution in [0, 0.1) is 10.1 Å². The zero-order chi connectivity index (χ0) is 11.3. The summed E-state index contributed by atoms with van der Waals surface area (Å²) in [5.41, 5.74) is 5.03. The largest absolute Gasteiger partial charge is 0.491 e. The normalized spacial score (nSPS) is 12.1. The van der Waals surface area contributed by atoms with E-state index in [1.807, 2.05) is 0 Å². The van der Waals surface area contributed by atoms with Gasteiger partial charge in [-0.1, -0.05) is 0 Å². The van der Waals surface area contributed by atoms with Gasteiger partial charge in [0.15, 0.2) is 0 Å². The van der Waals surface area contributed by atoms with Crippen LogP contribution in [0.15, 0.2) is 24.3 Å². The Labute approximate surface area is 85.8 Å². The predicted molar refractivity (Wildman–Crippen MR) is 52.5 cm³/mol. The van der Waals surface area contributed by atoms with Crippen LogP contribution in [-0.4, -0.2) is 24.2 Å². The van der Waals surface area contributed by atoms with Crippen LogP contribution in [0.2, 0.25) is 0 Å². The van der Waals surface area contributed by atoms with Crippen molar-refractivity contribution in [3.8, 4) is 5.75 Å². The number of nitrogens with two attached hydrogens (primary N) is 1. The van der Waals surface area contributed by atoms with E-state index in [0.717, 1.165) is 0 Å². The molecule has 0 aliphatic heterocycles. The minimum Gasteiger partial charge on any atom is -0.491 e.